The van der Waals surface area contributed by atoms with Crippen LogP contribution < -0.4 is 10.5 Å². The van der Waals surface area contributed by atoms with E-state index in [0.29, 0.717) is 25.3 Å². The van der Waals surface area contributed by atoms with Gasteiger partial charge in [-0.3, -0.25) is 0 Å². The summed E-state index contributed by atoms with van der Waals surface area (Å²) in [6.07, 6.45) is -0.201. The maximum Gasteiger partial charge on any atom is 0.194 e. The lowest BCUT2D eigenvalue weighted by atomic mass is 9.99. The van der Waals surface area contributed by atoms with Crippen molar-refractivity contribution in [3.05, 3.63) is 64.5 Å². The minimum absolute atomic E-state index is 0.00921. The molecule has 0 bridgehead atoms. The molecule has 1 unspecified atom stereocenters. The highest BCUT2D eigenvalue weighted by molar-refractivity contribution is 5.32. The predicted molar refractivity (Wildman–Crippen MR) is 93.4 cm³/mol. The summed E-state index contributed by atoms with van der Waals surface area (Å²) in [6.45, 7) is 1.97. The first-order chi connectivity index (χ1) is 13.8. The lowest BCUT2D eigenvalue weighted by Gasteiger charge is -2.32. The van der Waals surface area contributed by atoms with E-state index in [1.165, 1.54) is 0 Å². The maximum atomic E-state index is 14.3. The molecule has 0 aromatic heterocycles. The number of hydrogen-bond donors (Lipinski definition) is 1. The zero-order chi connectivity index (χ0) is 21.1. The fourth-order valence-corrected chi connectivity index (χ4v) is 2.99. The van der Waals surface area contributed by atoms with Crippen molar-refractivity contribution in [2.45, 2.75) is 32.3 Å². The maximum absolute atomic E-state index is 14.3. The van der Waals surface area contributed by atoms with Crippen LogP contribution in [0.2, 0.25) is 0 Å². The average molecular weight is 417 g/mol. The molecule has 0 amide bonds. The van der Waals surface area contributed by atoms with E-state index in [2.05, 4.69) is 0 Å². The van der Waals surface area contributed by atoms with Crippen molar-refractivity contribution in [1.29, 1.82) is 0 Å². The van der Waals surface area contributed by atoms with Gasteiger partial charge in [0.25, 0.3) is 0 Å². The second-order valence-electron chi connectivity index (χ2n) is 6.81. The lowest BCUT2D eigenvalue weighted by molar-refractivity contribution is -0.208. The van der Waals surface area contributed by atoms with Gasteiger partial charge in [0.05, 0.1) is 13.2 Å². The Morgan fingerprint density at radius 2 is 1.52 bits per heavy atom. The first-order valence-corrected chi connectivity index (χ1v) is 9.04. The van der Waals surface area contributed by atoms with E-state index in [-0.39, 0.29) is 23.1 Å². The largest absolute Gasteiger partial charge is 0.483 e. The number of halogens is 5. The van der Waals surface area contributed by atoms with Crippen LogP contribution in [0.3, 0.4) is 0 Å². The van der Waals surface area contributed by atoms with Gasteiger partial charge < -0.3 is 19.9 Å². The second kappa shape index (κ2) is 9.06. The summed E-state index contributed by atoms with van der Waals surface area (Å²) >= 11 is 0. The normalized spacial score (nSPS) is 20.5. The van der Waals surface area contributed by atoms with E-state index in [0.717, 1.165) is 18.6 Å². The molecule has 2 N–H and O–H groups in total. The zero-order valence-corrected chi connectivity index (χ0v) is 15.6. The Bertz CT molecular complexity index is 825. The summed E-state index contributed by atoms with van der Waals surface area (Å²) in [5, 5.41) is 0. The molecule has 9 heteroatoms. The number of hydrogen-bond acceptors (Lipinski definition) is 4. The monoisotopic (exact) mass is 417 g/mol. The van der Waals surface area contributed by atoms with Gasteiger partial charge in [0.2, 0.25) is 0 Å². The van der Waals surface area contributed by atoms with Gasteiger partial charge in [-0.2, -0.15) is 0 Å². The number of rotatable bonds is 6. The SMILES string of the molecule is CCC(N)C1COC(c2cc(F)c(OCc3cc(F)c(F)c(F)c3)c(F)c2)OC1. The summed E-state index contributed by atoms with van der Waals surface area (Å²) in [7, 11) is 0. The standard InChI is InChI=1S/C20H20F5NO3/c1-2-17(26)12-8-28-20(29-9-12)11-5-15(23)19(16(24)6-11)27-7-10-3-13(21)18(25)14(22)4-10/h3-6,12,17,20H,2,7-9,26H2,1H3. The molecule has 4 nitrogen and oxygen atoms in total. The summed E-state index contributed by atoms with van der Waals surface area (Å²) in [4.78, 5) is 0. The third-order valence-corrected chi connectivity index (χ3v) is 4.72. The van der Waals surface area contributed by atoms with E-state index in [1.54, 1.807) is 0 Å². The van der Waals surface area contributed by atoms with Gasteiger partial charge in [0.15, 0.2) is 41.1 Å². The Kier molecular flexibility index (Phi) is 6.71. The lowest BCUT2D eigenvalue weighted by Crippen LogP contribution is -2.39. The molecule has 2 aromatic rings. The Labute approximate surface area is 164 Å². The van der Waals surface area contributed by atoms with Crippen molar-refractivity contribution in [3.8, 4) is 5.75 Å². The minimum Gasteiger partial charge on any atom is -0.483 e. The molecule has 29 heavy (non-hydrogen) atoms. The van der Waals surface area contributed by atoms with E-state index in [4.69, 9.17) is 19.9 Å². The molecule has 1 fully saturated rings. The van der Waals surface area contributed by atoms with Gasteiger partial charge >= 0.3 is 0 Å². The molecule has 158 valence electrons. The summed E-state index contributed by atoms with van der Waals surface area (Å²) in [5.41, 5.74) is 5.94. The zero-order valence-electron chi connectivity index (χ0n) is 15.6. The Morgan fingerprint density at radius 1 is 0.966 bits per heavy atom. The number of nitrogens with two attached hydrogens (primary N) is 1. The number of benzene rings is 2. The second-order valence-corrected chi connectivity index (χ2v) is 6.81. The molecule has 0 saturated carbocycles. The molecule has 3 rings (SSSR count). The van der Waals surface area contributed by atoms with Crippen LogP contribution in [-0.2, 0) is 16.1 Å². The Balaban J connectivity index is 1.68. The van der Waals surface area contributed by atoms with Gasteiger partial charge in [-0.25, -0.2) is 22.0 Å². The molecule has 1 aliphatic rings. The molecule has 1 atom stereocenters. The molecule has 1 heterocycles. The first-order valence-electron chi connectivity index (χ1n) is 9.04. The van der Waals surface area contributed by atoms with Crippen LogP contribution in [0.1, 0.15) is 30.8 Å². The highest BCUT2D eigenvalue weighted by Crippen LogP contribution is 2.32. The third-order valence-electron chi connectivity index (χ3n) is 4.72. The van der Waals surface area contributed by atoms with Crippen LogP contribution >= 0.6 is 0 Å². The van der Waals surface area contributed by atoms with Crippen LogP contribution in [0.5, 0.6) is 5.75 Å². The van der Waals surface area contributed by atoms with Gasteiger partial charge in [-0.05, 0) is 36.2 Å². The molecule has 1 aliphatic heterocycles. The fourth-order valence-electron chi connectivity index (χ4n) is 2.99. The van der Waals surface area contributed by atoms with E-state index in [9.17, 15) is 22.0 Å². The van der Waals surface area contributed by atoms with Gasteiger partial charge in [-0.1, -0.05) is 6.92 Å². The quantitative estimate of drug-likeness (QED) is 0.561. The molecule has 0 aliphatic carbocycles. The molecule has 2 aromatic carbocycles. The van der Waals surface area contributed by atoms with Gasteiger partial charge in [-0.15, -0.1) is 0 Å². The van der Waals surface area contributed by atoms with E-state index < -0.39 is 47.7 Å². The van der Waals surface area contributed by atoms with Crippen molar-refractivity contribution in [3.63, 3.8) is 0 Å². The first kappa shape index (κ1) is 21.5. The highest BCUT2D eigenvalue weighted by Gasteiger charge is 2.28. The van der Waals surface area contributed by atoms with Crippen molar-refractivity contribution >= 4 is 0 Å². The van der Waals surface area contributed by atoms with Crippen molar-refractivity contribution < 1.29 is 36.2 Å². The Morgan fingerprint density at radius 3 is 2.03 bits per heavy atom. The van der Waals surface area contributed by atoms with Crippen LogP contribution in [0.25, 0.3) is 0 Å². The molecule has 0 radical (unpaired) electrons. The van der Waals surface area contributed by atoms with E-state index >= 15 is 0 Å². The van der Waals surface area contributed by atoms with Gasteiger partial charge in [0.1, 0.15) is 6.61 Å². The topological polar surface area (TPSA) is 53.7 Å². The predicted octanol–water partition coefficient (Wildman–Crippen LogP) is 4.36. The molecule has 0 spiro atoms. The summed E-state index contributed by atoms with van der Waals surface area (Å²) in [6, 6.07) is 3.26. The smallest absolute Gasteiger partial charge is 0.194 e. The molecule has 1 saturated heterocycles. The van der Waals surface area contributed by atoms with Crippen molar-refractivity contribution in [1.82, 2.24) is 0 Å². The van der Waals surface area contributed by atoms with Crippen LogP contribution in [0, 0.1) is 35.0 Å². The molecular formula is C20H20F5NO3. The third kappa shape index (κ3) is 4.85. The fraction of sp³-hybridized carbons (Fsp3) is 0.400. The summed E-state index contributed by atoms with van der Waals surface area (Å²) in [5.74, 6) is -7.30. The average Bonchev–Trinajstić information content (AvgIpc) is 2.70. The van der Waals surface area contributed by atoms with E-state index in [1.807, 2.05) is 6.92 Å². The van der Waals surface area contributed by atoms with Crippen molar-refractivity contribution in [2.75, 3.05) is 13.2 Å². The summed E-state index contributed by atoms with van der Waals surface area (Å²) < 4.78 is 84.2. The van der Waals surface area contributed by atoms with Crippen molar-refractivity contribution in [2.24, 2.45) is 11.7 Å². The van der Waals surface area contributed by atoms with Crippen LogP contribution in [0.15, 0.2) is 24.3 Å². The number of ether oxygens (including phenoxy) is 3. The van der Waals surface area contributed by atoms with Crippen LogP contribution in [0.4, 0.5) is 22.0 Å². The Hall–Kier alpha value is -2.23. The highest BCUT2D eigenvalue weighted by atomic mass is 19.2. The van der Waals surface area contributed by atoms with Crippen LogP contribution in [-0.4, -0.2) is 19.3 Å². The minimum atomic E-state index is -1.63. The molecular weight excluding hydrogens is 397 g/mol. The van der Waals surface area contributed by atoms with Gasteiger partial charge in [0, 0.05) is 17.5 Å².